The third-order valence-corrected chi connectivity index (χ3v) is 0.523. The number of hydroxylamine groups is 1. The van der Waals surface area contributed by atoms with Crippen molar-refractivity contribution in [2.45, 2.75) is 0 Å². The first-order valence-electron chi connectivity index (χ1n) is 1.82. The van der Waals surface area contributed by atoms with Crippen LogP contribution in [-0.4, -0.2) is 22.0 Å². The summed E-state index contributed by atoms with van der Waals surface area (Å²) in [5.41, 5.74) is 1.23. The fourth-order valence-corrected chi connectivity index (χ4v) is 0.171. The van der Waals surface area contributed by atoms with Crippen LogP contribution in [0.15, 0.2) is 5.16 Å². The maximum Gasteiger partial charge on any atom is 0.302 e. The predicted molar refractivity (Wildman–Crippen MR) is 24.8 cm³/mol. The van der Waals surface area contributed by atoms with Gasteiger partial charge in [-0.25, -0.2) is 5.48 Å². The van der Waals surface area contributed by atoms with Crippen LogP contribution in [0.3, 0.4) is 0 Å². The Labute approximate surface area is 50.0 Å². The minimum atomic E-state index is -1.14. The number of nitrogens with zero attached hydrogens (tertiary/aromatic N) is 2. The minimum absolute atomic E-state index is 0.794. The molecule has 48 valence electrons. The molecule has 0 saturated heterocycles. The molecule has 0 aliphatic heterocycles. The van der Waals surface area contributed by atoms with Crippen molar-refractivity contribution in [3.05, 3.63) is 0 Å². The molecule has 0 spiro atoms. The van der Waals surface area contributed by atoms with Gasteiger partial charge in [0.2, 0.25) is 5.84 Å². The number of nitrogens with one attached hydrogen (secondary N) is 1. The molecule has 0 aliphatic carbocycles. The fourth-order valence-electron chi connectivity index (χ4n) is 0.171. The average Bonchev–Trinajstić information content (AvgIpc) is 1.90. The van der Waals surface area contributed by atoms with Crippen LogP contribution in [-0.2, 0) is 4.79 Å². The van der Waals surface area contributed by atoms with Gasteiger partial charge in [-0.2, -0.15) is 5.26 Å². The number of carbonyl (C=O) groups is 1. The summed E-state index contributed by atoms with van der Waals surface area (Å²) < 4.78 is 0. The van der Waals surface area contributed by atoms with E-state index in [1.807, 2.05) is 0 Å². The van der Waals surface area contributed by atoms with E-state index in [4.69, 9.17) is 15.7 Å². The Balaban J connectivity index is 4.19. The lowest BCUT2D eigenvalue weighted by atomic mass is 10.4. The Bertz CT molecular complexity index is 179. The standard InChI is InChI=1S/C3H3N3O3/c4-1-2(7)3(5-8)6-9/h8-9H,(H,5,6). The highest BCUT2D eigenvalue weighted by molar-refractivity contribution is 6.44. The van der Waals surface area contributed by atoms with Gasteiger partial charge in [0.1, 0.15) is 6.07 Å². The maximum absolute atomic E-state index is 10.1. The zero-order valence-electron chi connectivity index (χ0n) is 4.20. The maximum atomic E-state index is 10.1. The molecule has 0 aromatic carbocycles. The summed E-state index contributed by atoms with van der Waals surface area (Å²) in [6.07, 6.45) is 0. The number of rotatable bonds is 1. The van der Waals surface area contributed by atoms with Crippen molar-refractivity contribution in [1.29, 1.82) is 5.26 Å². The number of hydrogen-bond acceptors (Lipinski definition) is 5. The number of Topliss-reactive ketones (excluding diaryl/α,β-unsaturated/α-hetero) is 1. The van der Waals surface area contributed by atoms with Gasteiger partial charge in [-0.15, -0.1) is 0 Å². The number of nitriles is 1. The van der Waals surface area contributed by atoms with E-state index in [1.54, 1.807) is 0 Å². The topological polar surface area (TPSA) is 106 Å². The Morgan fingerprint density at radius 3 is 2.44 bits per heavy atom. The van der Waals surface area contributed by atoms with Crippen LogP contribution < -0.4 is 5.48 Å². The monoisotopic (exact) mass is 129 g/mol. The lowest BCUT2D eigenvalue weighted by Crippen LogP contribution is -2.27. The molecule has 0 heterocycles. The van der Waals surface area contributed by atoms with Crippen molar-refractivity contribution in [3.63, 3.8) is 0 Å². The zero-order chi connectivity index (χ0) is 7.28. The smallest absolute Gasteiger partial charge is 0.302 e. The van der Waals surface area contributed by atoms with E-state index in [0.29, 0.717) is 0 Å². The molecule has 0 fully saturated rings. The SMILES string of the molecule is N#CC(=O)C(=NO)NO. The summed E-state index contributed by atoms with van der Waals surface area (Å²) in [5, 5.41) is 25.8. The van der Waals surface area contributed by atoms with Crippen molar-refractivity contribution in [2.75, 3.05) is 0 Å². The summed E-state index contributed by atoms with van der Waals surface area (Å²) in [5.74, 6) is -1.93. The first-order chi connectivity index (χ1) is 4.26. The quantitative estimate of drug-likeness (QED) is 0.136. The molecule has 6 nitrogen and oxygen atoms in total. The number of hydrogen-bond donors (Lipinski definition) is 3. The second kappa shape index (κ2) is 3.40. The van der Waals surface area contributed by atoms with Gasteiger partial charge >= 0.3 is 5.78 Å². The van der Waals surface area contributed by atoms with Crippen molar-refractivity contribution >= 4 is 11.6 Å². The van der Waals surface area contributed by atoms with Gasteiger partial charge < -0.3 is 5.21 Å². The third kappa shape index (κ3) is 1.75. The van der Waals surface area contributed by atoms with Crippen LogP contribution in [0, 0.1) is 11.3 Å². The van der Waals surface area contributed by atoms with E-state index in [-0.39, 0.29) is 0 Å². The molecule has 0 aromatic rings. The molecule has 6 heteroatoms. The fraction of sp³-hybridized carbons (Fsp3) is 0. The van der Waals surface area contributed by atoms with Crippen LogP contribution in [0.1, 0.15) is 0 Å². The van der Waals surface area contributed by atoms with Crippen LogP contribution in [0.4, 0.5) is 0 Å². The lowest BCUT2D eigenvalue weighted by molar-refractivity contribution is -0.109. The number of oxime groups is 1. The summed E-state index contributed by atoms with van der Waals surface area (Å²) in [4.78, 5) is 10.1. The van der Waals surface area contributed by atoms with Crippen LogP contribution in [0.2, 0.25) is 0 Å². The Hall–Kier alpha value is -1.61. The van der Waals surface area contributed by atoms with Gasteiger partial charge in [-0.3, -0.25) is 10.0 Å². The van der Waals surface area contributed by atoms with Gasteiger partial charge in [0.15, 0.2) is 0 Å². The molecular formula is C3H3N3O3. The van der Waals surface area contributed by atoms with E-state index in [0.717, 1.165) is 6.07 Å². The molecule has 0 saturated carbocycles. The molecule has 0 bridgehead atoms. The Morgan fingerprint density at radius 1 is 1.78 bits per heavy atom. The van der Waals surface area contributed by atoms with Gasteiger partial charge in [-0.1, -0.05) is 5.16 Å². The third-order valence-electron chi connectivity index (χ3n) is 0.523. The summed E-state index contributed by atoms with van der Waals surface area (Å²) in [6.45, 7) is 0. The van der Waals surface area contributed by atoms with Crippen molar-refractivity contribution < 1.29 is 15.2 Å². The molecular weight excluding hydrogens is 126 g/mol. The zero-order valence-corrected chi connectivity index (χ0v) is 4.20. The molecule has 0 aliphatic rings. The molecule has 0 radical (unpaired) electrons. The highest BCUT2D eigenvalue weighted by Gasteiger charge is 2.07. The van der Waals surface area contributed by atoms with Crippen LogP contribution in [0.25, 0.3) is 0 Å². The van der Waals surface area contributed by atoms with Gasteiger partial charge in [0.05, 0.1) is 0 Å². The van der Waals surface area contributed by atoms with E-state index in [1.165, 1.54) is 5.48 Å². The van der Waals surface area contributed by atoms with E-state index in [2.05, 4.69) is 5.16 Å². The minimum Gasteiger partial charge on any atom is -0.409 e. The largest absolute Gasteiger partial charge is 0.409 e. The van der Waals surface area contributed by atoms with E-state index >= 15 is 0 Å². The van der Waals surface area contributed by atoms with Crippen LogP contribution >= 0.6 is 0 Å². The van der Waals surface area contributed by atoms with E-state index in [9.17, 15) is 4.79 Å². The lowest BCUT2D eigenvalue weighted by Gasteiger charge is -1.90. The summed E-state index contributed by atoms with van der Waals surface area (Å²) in [7, 11) is 0. The highest BCUT2D eigenvalue weighted by atomic mass is 16.5. The molecule has 0 unspecified atom stereocenters. The predicted octanol–water partition coefficient (Wildman–Crippen LogP) is -1.15. The van der Waals surface area contributed by atoms with Gasteiger partial charge in [-0.05, 0) is 0 Å². The average molecular weight is 129 g/mol. The second-order valence-electron chi connectivity index (χ2n) is 1.00. The summed E-state index contributed by atoms with van der Waals surface area (Å²) in [6, 6.07) is 1.11. The van der Waals surface area contributed by atoms with Crippen molar-refractivity contribution in [2.24, 2.45) is 5.16 Å². The second-order valence-corrected chi connectivity index (χ2v) is 1.00. The molecule has 3 N–H and O–H groups in total. The molecule has 0 atom stereocenters. The molecule has 0 rings (SSSR count). The van der Waals surface area contributed by atoms with Crippen molar-refractivity contribution in [3.8, 4) is 6.07 Å². The molecule has 0 aromatic heterocycles. The normalized spacial score (nSPS) is 10.0. The summed E-state index contributed by atoms with van der Waals surface area (Å²) >= 11 is 0. The van der Waals surface area contributed by atoms with Crippen molar-refractivity contribution in [1.82, 2.24) is 5.48 Å². The van der Waals surface area contributed by atoms with E-state index < -0.39 is 11.6 Å². The molecule has 0 amide bonds. The number of ketones is 1. The van der Waals surface area contributed by atoms with Gasteiger partial charge in [0.25, 0.3) is 0 Å². The highest BCUT2D eigenvalue weighted by Crippen LogP contribution is 1.70. The number of amidine groups is 1. The number of carbonyl (C=O) groups excluding carboxylic acids is 1. The Morgan fingerprint density at radius 2 is 2.33 bits per heavy atom. The van der Waals surface area contributed by atoms with Gasteiger partial charge in [0, 0.05) is 0 Å². The Kier molecular flexibility index (Phi) is 2.79. The molecule has 9 heavy (non-hydrogen) atoms. The first-order valence-corrected chi connectivity index (χ1v) is 1.82. The first kappa shape index (κ1) is 7.39. The van der Waals surface area contributed by atoms with Crippen LogP contribution in [0.5, 0.6) is 0 Å².